The van der Waals surface area contributed by atoms with Crippen molar-refractivity contribution < 1.29 is 18.3 Å². The van der Waals surface area contributed by atoms with Crippen LogP contribution in [0.15, 0.2) is 36.7 Å². The summed E-state index contributed by atoms with van der Waals surface area (Å²) >= 11 is 0. The number of aryl methyl sites for hydroxylation is 1. The number of aliphatic hydroxyl groups is 1. The summed E-state index contributed by atoms with van der Waals surface area (Å²) in [6, 6.07) is 7.67. The van der Waals surface area contributed by atoms with Crippen LogP contribution in [-0.4, -0.2) is 21.3 Å². The summed E-state index contributed by atoms with van der Waals surface area (Å²) in [5.41, 5.74) is 1.58. The van der Waals surface area contributed by atoms with Crippen LogP contribution in [-0.2, 0) is 6.42 Å². The average Bonchev–Trinajstić information content (AvgIpc) is 2.54. The standard InChI is InChI=1S/C17H19F3N2O/c1-2-3-4-5-12-6-8-13(9-7-12)16-21-10-14(11-22-16)15(23)17(18,19)20/h6-11,15,23H,2-5H2,1H3. The molecule has 0 spiro atoms. The molecule has 0 aliphatic carbocycles. The van der Waals surface area contributed by atoms with Gasteiger partial charge in [0.1, 0.15) is 0 Å². The normalized spacial score (nSPS) is 13.1. The Morgan fingerprint density at radius 3 is 2.17 bits per heavy atom. The van der Waals surface area contributed by atoms with Crippen molar-refractivity contribution in [3.8, 4) is 11.4 Å². The smallest absolute Gasteiger partial charge is 0.379 e. The zero-order valence-electron chi connectivity index (χ0n) is 12.8. The number of aromatic nitrogens is 2. The highest BCUT2D eigenvalue weighted by Crippen LogP contribution is 2.32. The molecule has 1 heterocycles. The third-order valence-corrected chi connectivity index (χ3v) is 3.58. The zero-order chi connectivity index (χ0) is 16.9. The summed E-state index contributed by atoms with van der Waals surface area (Å²) in [6.07, 6.45) is -0.758. The molecule has 3 nitrogen and oxygen atoms in total. The van der Waals surface area contributed by atoms with E-state index in [4.69, 9.17) is 5.11 Å². The van der Waals surface area contributed by atoms with Crippen molar-refractivity contribution in [2.24, 2.45) is 0 Å². The summed E-state index contributed by atoms with van der Waals surface area (Å²) in [6.45, 7) is 2.15. The molecule has 1 aromatic carbocycles. The van der Waals surface area contributed by atoms with Crippen LogP contribution in [0.3, 0.4) is 0 Å². The molecule has 0 aliphatic heterocycles. The Hall–Kier alpha value is -1.95. The minimum Gasteiger partial charge on any atom is -0.379 e. The van der Waals surface area contributed by atoms with Crippen molar-refractivity contribution in [2.45, 2.75) is 44.9 Å². The van der Waals surface area contributed by atoms with Gasteiger partial charge in [-0.1, -0.05) is 44.0 Å². The van der Waals surface area contributed by atoms with E-state index in [1.165, 1.54) is 18.4 Å². The Morgan fingerprint density at radius 1 is 1.04 bits per heavy atom. The first-order valence-electron chi connectivity index (χ1n) is 7.58. The molecule has 2 aromatic rings. The van der Waals surface area contributed by atoms with E-state index in [0.717, 1.165) is 30.8 Å². The van der Waals surface area contributed by atoms with Crippen LogP contribution in [0.4, 0.5) is 13.2 Å². The van der Waals surface area contributed by atoms with Crippen LogP contribution >= 0.6 is 0 Å². The molecule has 0 bridgehead atoms. The quantitative estimate of drug-likeness (QED) is 0.797. The van der Waals surface area contributed by atoms with Crippen molar-refractivity contribution in [1.82, 2.24) is 9.97 Å². The number of aliphatic hydroxyl groups excluding tert-OH is 1. The van der Waals surface area contributed by atoms with Gasteiger partial charge in [0.05, 0.1) is 0 Å². The lowest BCUT2D eigenvalue weighted by Gasteiger charge is -2.14. The van der Waals surface area contributed by atoms with Gasteiger partial charge in [0.25, 0.3) is 0 Å². The third kappa shape index (κ3) is 4.76. The third-order valence-electron chi connectivity index (χ3n) is 3.58. The van der Waals surface area contributed by atoms with E-state index in [0.29, 0.717) is 5.82 Å². The van der Waals surface area contributed by atoms with Gasteiger partial charge in [0.15, 0.2) is 11.9 Å². The molecule has 1 atom stereocenters. The van der Waals surface area contributed by atoms with Gasteiger partial charge in [-0.2, -0.15) is 13.2 Å². The minimum absolute atomic E-state index is 0.336. The fourth-order valence-electron chi connectivity index (χ4n) is 2.22. The van der Waals surface area contributed by atoms with Gasteiger partial charge >= 0.3 is 6.18 Å². The molecule has 6 heteroatoms. The lowest BCUT2D eigenvalue weighted by atomic mass is 10.1. The van der Waals surface area contributed by atoms with E-state index in [-0.39, 0.29) is 5.56 Å². The Kier molecular flexibility index (Phi) is 5.71. The average molecular weight is 324 g/mol. The second kappa shape index (κ2) is 7.55. The van der Waals surface area contributed by atoms with E-state index in [1.807, 2.05) is 24.3 Å². The fraction of sp³-hybridized carbons (Fsp3) is 0.412. The number of hydrogen-bond acceptors (Lipinski definition) is 3. The molecule has 23 heavy (non-hydrogen) atoms. The summed E-state index contributed by atoms with van der Waals surface area (Å²) < 4.78 is 37.3. The van der Waals surface area contributed by atoms with E-state index in [9.17, 15) is 13.2 Å². The molecule has 0 saturated heterocycles. The molecule has 0 amide bonds. The van der Waals surface area contributed by atoms with Gasteiger partial charge < -0.3 is 5.11 Å². The molecule has 1 unspecified atom stereocenters. The first-order valence-corrected chi connectivity index (χ1v) is 7.58. The second-order valence-electron chi connectivity index (χ2n) is 5.44. The second-order valence-corrected chi connectivity index (χ2v) is 5.44. The number of rotatable bonds is 6. The van der Waals surface area contributed by atoms with Gasteiger partial charge in [-0.15, -0.1) is 0 Å². The lowest BCUT2D eigenvalue weighted by molar-refractivity contribution is -0.206. The van der Waals surface area contributed by atoms with Crippen LogP contribution in [0.1, 0.15) is 43.4 Å². The fourth-order valence-corrected chi connectivity index (χ4v) is 2.22. The number of unbranched alkanes of at least 4 members (excludes halogenated alkanes) is 2. The van der Waals surface area contributed by atoms with Crippen molar-refractivity contribution >= 4 is 0 Å². The summed E-state index contributed by atoms with van der Waals surface area (Å²) in [5.74, 6) is 0.336. The molecule has 1 aromatic heterocycles. The van der Waals surface area contributed by atoms with Crippen molar-refractivity contribution in [3.05, 3.63) is 47.8 Å². The monoisotopic (exact) mass is 324 g/mol. The molecule has 0 aliphatic rings. The lowest BCUT2D eigenvalue weighted by Crippen LogP contribution is -2.20. The molecular formula is C17H19F3N2O. The molecule has 2 rings (SSSR count). The molecule has 0 fully saturated rings. The first-order chi connectivity index (χ1) is 10.9. The van der Waals surface area contributed by atoms with Gasteiger partial charge in [-0.25, -0.2) is 9.97 Å². The SMILES string of the molecule is CCCCCc1ccc(-c2ncc(C(O)C(F)(F)F)cn2)cc1. The predicted octanol–water partition coefficient (Wildman–Crippen LogP) is 4.47. The van der Waals surface area contributed by atoms with E-state index < -0.39 is 12.3 Å². The first kappa shape index (κ1) is 17.4. The van der Waals surface area contributed by atoms with Gasteiger partial charge in [0.2, 0.25) is 0 Å². The van der Waals surface area contributed by atoms with Crippen molar-refractivity contribution in [3.63, 3.8) is 0 Å². The largest absolute Gasteiger partial charge is 0.418 e. The van der Waals surface area contributed by atoms with Crippen LogP contribution in [0.5, 0.6) is 0 Å². The molecule has 124 valence electrons. The van der Waals surface area contributed by atoms with Crippen molar-refractivity contribution in [2.75, 3.05) is 0 Å². The molecule has 1 N–H and O–H groups in total. The number of halogens is 3. The van der Waals surface area contributed by atoms with Crippen molar-refractivity contribution in [1.29, 1.82) is 0 Å². The number of hydrogen-bond donors (Lipinski definition) is 1. The zero-order valence-corrected chi connectivity index (χ0v) is 12.8. The number of alkyl halides is 3. The van der Waals surface area contributed by atoms with E-state index in [1.54, 1.807) is 0 Å². The minimum atomic E-state index is -4.72. The summed E-state index contributed by atoms with van der Waals surface area (Å²) in [7, 11) is 0. The van der Waals surface area contributed by atoms with Crippen LogP contribution < -0.4 is 0 Å². The highest BCUT2D eigenvalue weighted by atomic mass is 19.4. The highest BCUT2D eigenvalue weighted by molar-refractivity contribution is 5.55. The number of nitrogens with zero attached hydrogens (tertiary/aromatic N) is 2. The molecule has 0 radical (unpaired) electrons. The Balaban J connectivity index is 2.07. The maximum atomic E-state index is 12.4. The van der Waals surface area contributed by atoms with Gasteiger partial charge in [-0.05, 0) is 18.4 Å². The van der Waals surface area contributed by atoms with Crippen LogP contribution in [0.2, 0.25) is 0 Å². The Labute approximate surface area is 133 Å². The Bertz CT molecular complexity index is 609. The topological polar surface area (TPSA) is 46.0 Å². The molecular weight excluding hydrogens is 305 g/mol. The molecule has 0 saturated carbocycles. The van der Waals surface area contributed by atoms with Crippen LogP contribution in [0, 0.1) is 0 Å². The van der Waals surface area contributed by atoms with Gasteiger partial charge in [0, 0.05) is 23.5 Å². The highest BCUT2D eigenvalue weighted by Gasteiger charge is 2.39. The predicted molar refractivity (Wildman–Crippen MR) is 81.7 cm³/mol. The van der Waals surface area contributed by atoms with E-state index in [2.05, 4.69) is 16.9 Å². The van der Waals surface area contributed by atoms with Gasteiger partial charge in [-0.3, -0.25) is 0 Å². The maximum absolute atomic E-state index is 12.4. The van der Waals surface area contributed by atoms with E-state index >= 15 is 0 Å². The Morgan fingerprint density at radius 2 is 1.65 bits per heavy atom. The summed E-state index contributed by atoms with van der Waals surface area (Å²) in [4.78, 5) is 7.83. The number of benzene rings is 1. The summed E-state index contributed by atoms with van der Waals surface area (Å²) in [5, 5.41) is 9.15. The van der Waals surface area contributed by atoms with Crippen LogP contribution in [0.25, 0.3) is 11.4 Å². The maximum Gasteiger partial charge on any atom is 0.418 e.